The van der Waals surface area contributed by atoms with Crippen molar-refractivity contribution in [1.82, 2.24) is 0 Å². The van der Waals surface area contributed by atoms with Crippen molar-refractivity contribution in [1.29, 1.82) is 0 Å². The minimum absolute atomic E-state index is 0.0685. The van der Waals surface area contributed by atoms with Crippen molar-refractivity contribution in [2.45, 2.75) is 25.8 Å². The van der Waals surface area contributed by atoms with Crippen LogP contribution in [0.2, 0.25) is 0 Å². The standard InChI is InChI=1S/C12H13F3O5S/c1-3-19-11(16)7-9-4-5-10(8(2)6-9)20-21(17,18)12(13,14)15/h4-6H,3,7H2,1-2H3. The zero-order chi connectivity index (χ0) is 16.3. The van der Waals surface area contributed by atoms with Gasteiger partial charge in [0.05, 0.1) is 13.0 Å². The first-order valence-corrected chi connectivity index (χ1v) is 7.23. The van der Waals surface area contributed by atoms with Gasteiger partial charge in [-0.05, 0) is 31.0 Å². The molecule has 0 aliphatic heterocycles. The molecule has 21 heavy (non-hydrogen) atoms. The summed E-state index contributed by atoms with van der Waals surface area (Å²) in [5.41, 5.74) is -4.87. The summed E-state index contributed by atoms with van der Waals surface area (Å²) in [6.07, 6.45) is -0.0685. The SMILES string of the molecule is CCOC(=O)Cc1ccc(OS(=O)(=O)C(F)(F)F)c(C)c1. The van der Waals surface area contributed by atoms with Crippen LogP contribution in [-0.2, 0) is 26.1 Å². The number of ether oxygens (including phenoxy) is 1. The van der Waals surface area contributed by atoms with Crippen molar-refractivity contribution in [3.05, 3.63) is 29.3 Å². The van der Waals surface area contributed by atoms with E-state index in [2.05, 4.69) is 4.18 Å². The molecule has 0 saturated heterocycles. The smallest absolute Gasteiger partial charge is 0.466 e. The number of halogens is 3. The second-order valence-electron chi connectivity index (χ2n) is 4.06. The molecule has 1 aromatic rings. The number of carbonyl (C=O) groups is 1. The van der Waals surface area contributed by atoms with Crippen molar-refractivity contribution >= 4 is 16.1 Å². The van der Waals surface area contributed by atoms with Crippen LogP contribution in [0.3, 0.4) is 0 Å². The summed E-state index contributed by atoms with van der Waals surface area (Å²) in [6.45, 7) is 3.22. The molecule has 0 N–H and O–H groups in total. The Kier molecular flexibility index (Phi) is 5.21. The van der Waals surface area contributed by atoms with E-state index >= 15 is 0 Å². The Morgan fingerprint density at radius 3 is 2.38 bits per heavy atom. The van der Waals surface area contributed by atoms with Crippen LogP contribution >= 0.6 is 0 Å². The minimum Gasteiger partial charge on any atom is -0.466 e. The number of rotatable bonds is 5. The van der Waals surface area contributed by atoms with E-state index in [0.29, 0.717) is 5.56 Å². The number of hydrogen-bond donors (Lipinski definition) is 0. The first kappa shape index (κ1) is 17.3. The van der Waals surface area contributed by atoms with Crippen LogP contribution in [0.5, 0.6) is 5.75 Å². The highest BCUT2D eigenvalue weighted by Crippen LogP contribution is 2.29. The van der Waals surface area contributed by atoms with Gasteiger partial charge >= 0.3 is 21.6 Å². The average Bonchev–Trinajstić information content (AvgIpc) is 2.31. The maximum Gasteiger partial charge on any atom is 0.534 e. The van der Waals surface area contributed by atoms with Gasteiger partial charge in [-0.1, -0.05) is 12.1 Å². The van der Waals surface area contributed by atoms with Crippen LogP contribution < -0.4 is 4.18 Å². The lowest BCUT2D eigenvalue weighted by atomic mass is 10.1. The molecule has 0 bridgehead atoms. The van der Waals surface area contributed by atoms with E-state index in [9.17, 15) is 26.4 Å². The number of aryl methyl sites for hydroxylation is 1. The molecule has 0 heterocycles. The van der Waals surface area contributed by atoms with Crippen molar-refractivity contribution in [2.75, 3.05) is 6.61 Å². The topological polar surface area (TPSA) is 69.7 Å². The van der Waals surface area contributed by atoms with E-state index in [1.807, 2.05) is 0 Å². The van der Waals surface area contributed by atoms with Gasteiger partial charge in [0, 0.05) is 0 Å². The quantitative estimate of drug-likeness (QED) is 0.472. The minimum atomic E-state index is -5.71. The van der Waals surface area contributed by atoms with E-state index < -0.39 is 27.3 Å². The Morgan fingerprint density at radius 2 is 1.90 bits per heavy atom. The molecule has 0 radical (unpaired) electrons. The van der Waals surface area contributed by atoms with E-state index in [-0.39, 0.29) is 18.6 Å². The van der Waals surface area contributed by atoms with Gasteiger partial charge in [0.15, 0.2) is 0 Å². The summed E-state index contributed by atoms with van der Waals surface area (Å²) in [6, 6.07) is 3.72. The van der Waals surface area contributed by atoms with Crippen LogP contribution in [0.4, 0.5) is 13.2 Å². The predicted molar refractivity (Wildman–Crippen MR) is 67.1 cm³/mol. The molecule has 9 heteroatoms. The Morgan fingerprint density at radius 1 is 1.29 bits per heavy atom. The third-order valence-electron chi connectivity index (χ3n) is 2.38. The summed E-state index contributed by atoms with van der Waals surface area (Å²) < 4.78 is 67.2. The normalized spacial score (nSPS) is 12.0. The fourth-order valence-electron chi connectivity index (χ4n) is 1.46. The zero-order valence-electron chi connectivity index (χ0n) is 11.2. The van der Waals surface area contributed by atoms with E-state index in [1.165, 1.54) is 19.1 Å². The summed E-state index contributed by atoms with van der Waals surface area (Å²) >= 11 is 0. The summed E-state index contributed by atoms with van der Waals surface area (Å²) in [4.78, 5) is 11.3. The Bertz CT molecular complexity index is 622. The fourth-order valence-corrected chi connectivity index (χ4v) is 1.98. The van der Waals surface area contributed by atoms with Gasteiger partial charge in [-0.3, -0.25) is 4.79 Å². The lowest BCUT2D eigenvalue weighted by Crippen LogP contribution is -2.28. The van der Waals surface area contributed by atoms with Gasteiger partial charge in [0.1, 0.15) is 5.75 Å². The molecule has 0 aliphatic rings. The van der Waals surface area contributed by atoms with Gasteiger partial charge < -0.3 is 8.92 Å². The van der Waals surface area contributed by atoms with E-state index in [1.54, 1.807) is 6.92 Å². The highest BCUT2D eigenvalue weighted by molar-refractivity contribution is 7.88. The van der Waals surface area contributed by atoms with Crippen molar-refractivity contribution < 1.29 is 35.3 Å². The number of hydrogen-bond acceptors (Lipinski definition) is 5. The van der Waals surface area contributed by atoms with Crippen LogP contribution in [0.1, 0.15) is 18.1 Å². The third kappa shape index (κ3) is 4.62. The molecule has 1 aromatic carbocycles. The van der Waals surface area contributed by atoms with Gasteiger partial charge in [-0.15, -0.1) is 0 Å². The second kappa shape index (κ2) is 6.33. The van der Waals surface area contributed by atoms with E-state index in [4.69, 9.17) is 4.74 Å². The summed E-state index contributed by atoms with van der Waals surface area (Å²) in [5, 5.41) is 0. The Hall–Kier alpha value is -1.77. The molecular weight excluding hydrogens is 313 g/mol. The molecule has 118 valence electrons. The fraction of sp³-hybridized carbons (Fsp3) is 0.417. The number of benzene rings is 1. The van der Waals surface area contributed by atoms with Gasteiger partial charge in [-0.25, -0.2) is 0 Å². The third-order valence-corrected chi connectivity index (χ3v) is 3.34. The lowest BCUT2D eigenvalue weighted by Gasteiger charge is -2.12. The molecule has 0 amide bonds. The van der Waals surface area contributed by atoms with Crippen LogP contribution in [-0.4, -0.2) is 26.5 Å². The Labute approximate surface area is 119 Å². The van der Waals surface area contributed by atoms with Gasteiger partial charge in [0.2, 0.25) is 0 Å². The predicted octanol–water partition coefficient (Wildman–Crippen LogP) is 2.33. The number of esters is 1. The van der Waals surface area contributed by atoms with Crippen LogP contribution in [0.25, 0.3) is 0 Å². The van der Waals surface area contributed by atoms with E-state index in [0.717, 1.165) is 6.07 Å². The second-order valence-corrected chi connectivity index (χ2v) is 5.60. The van der Waals surface area contributed by atoms with Crippen LogP contribution in [0, 0.1) is 6.92 Å². The highest BCUT2D eigenvalue weighted by Gasteiger charge is 2.48. The molecular formula is C12H13F3O5S. The maximum atomic E-state index is 12.2. The lowest BCUT2D eigenvalue weighted by molar-refractivity contribution is -0.142. The van der Waals surface area contributed by atoms with Crippen LogP contribution in [0.15, 0.2) is 18.2 Å². The van der Waals surface area contributed by atoms with Crippen molar-refractivity contribution in [3.63, 3.8) is 0 Å². The molecule has 0 fully saturated rings. The number of carbonyl (C=O) groups excluding carboxylic acids is 1. The monoisotopic (exact) mass is 326 g/mol. The van der Waals surface area contributed by atoms with Crippen molar-refractivity contribution in [3.8, 4) is 5.75 Å². The first-order valence-electron chi connectivity index (χ1n) is 5.82. The Balaban J connectivity index is 2.92. The van der Waals surface area contributed by atoms with Gasteiger partial charge in [0.25, 0.3) is 0 Å². The molecule has 0 aliphatic carbocycles. The maximum absolute atomic E-state index is 12.2. The van der Waals surface area contributed by atoms with Crippen molar-refractivity contribution in [2.24, 2.45) is 0 Å². The molecule has 0 atom stereocenters. The largest absolute Gasteiger partial charge is 0.534 e. The molecule has 0 aromatic heterocycles. The molecule has 0 spiro atoms. The zero-order valence-corrected chi connectivity index (χ0v) is 12.0. The molecule has 0 unspecified atom stereocenters. The van der Waals surface area contributed by atoms with Gasteiger partial charge in [-0.2, -0.15) is 21.6 Å². The summed E-state index contributed by atoms with van der Waals surface area (Å²) in [7, 11) is -5.71. The summed E-state index contributed by atoms with van der Waals surface area (Å²) in [5.74, 6) is -0.937. The molecule has 0 saturated carbocycles. The first-order chi connectivity index (χ1) is 9.56. The highest BCUT2D eigenvalue weighted by atomic mass is 32.2. The molecule has 5 nitrogen and oxygen atoms in total. The number of alkyl halides is 3. The molecule has 1 rings (SSSR count). The average molecular weight is 326 g/mol.